The third kappa shape index (κ3) is 2.07. The zero-order valence-corrected chi connectivity index (χ0v) is 5.89. The first kappa shape index (κ1) is 6.64. The molecule has 0 N–H and O–H groups in total. The van der Waals surface area contributed by atoms with Crippen LogP contribution in [0.4, 0.5) is 0 Å². The van der Waals surface area contributed by atoms with Crippen molar-refractivity contribution in [3.63, 3.8) is 0 Å². The van der Waals surface area contributed by atoms with Gasteiger partial charge in [0.15, 0.2) is 0 Å². The molecule has 1 heterocycles. The fourth-order valence-electron chi connectivity index (χ4n) is 0.545. The summed E-state index contributed by atoms with van der Waals surface area (Å²) in [6, 6.07) is 0. The summed E-state index contributed by atoms with van der Waals surface area (Å²) in [7, 11) is 0. The van der Waals surface area contributed by atoms with E-state index in [1.165, 1.54) is 0 Å². The van der Waals surface area contributed by atoms with Crippen LogP contribution in [0.2, 0.25) is 0 Å². The van der Waals surface area contributed by atoms with E-state index in [0.717, 1.165) is 5.71 Å². The Morgan fingerprint density at radius 3 is 3.00 bits per heavy atom. The Hall–Kier alpha value is -0.480. The van der Waals surface area contributed by atoms with E-state index >= 15 is 0 Å². The van der Waals surface area contributed by atoms with Gasteiger partial charge in [0.1, 0.15) is 11.5 Å². The normalized spacial score (nSPS) is 19.1. The quantitative estimate of drug-likeness (QED) is 0.496. The predicted molar refractivity (Wildman–Crippen MR) is 37.6 cm³/mol. The molecule has 0 amide bonds. The molecule has 49 valence electrons. The summed E-state index contributed by atoms with van der Waals surface area (Å²) >= 11 is -0.797. The standard InChI is InChI=1S/C5H7N2OS/c1-9(8)4-5-2-3-6-7-5/h2-3H,4H2,1H3. The number of hydrogen-bond donors (Lipinski definition) is 0. The minimum atomic E-state index is -0.797. The zero-order valence-electron chi connectivity index (χ0n) is 5.07. The van der Waals surface area contributed by atoms with Crippen LogP contribution in [-0.4, -0.2) is 22.3 Å². The molecule has 0 aromatic rings. The van der Waals surface area contributed by atoms with E-state index in [9.17, 15) is 4.55 Å². The van der Waals surface area contributed by atoms with E-state index in [4.69, 9.17) is 0 Å². The Labute approximate surface area is 57.0 Å². The van der Waals surface area contributed by atoms with Crippen LogP contribution in [-0.2, 0) is 11.2 Å². The van der Waals surface area contributed by atoms with Crippen molar-refractivity contribution in [3.8, 4) is 0 Å². The highest BCUT2D eigenvalue weighted by Crippen LogP contribution is 1.94. The van der Waals surface area contributed by atoms with E-state index in [0.29, 0.717) is 5.75 Å². The summed E-state index contributed by atoms with van der Waals surface area (Å²) in [6.45, 7) is 0. The molecule has 4 heteroatoms. The molecule has 1 radical (unpaired) electrons. The maximum Gasteiger partial charge on any atom is 0.149 e. The summed E-state index contributed by atoms with van der Waals surface area (Å²) < 4.78 is 10.6. The molecule has 9 heavy (non-hydrogen) atoms. The van der Waals surface area contributed by atoms with Crippen LogP contribution in [0, 0.1) is 0 Å². The molecule has 0 spiro atoms. The molecule has 1 aliphatic heterocycles. The van der Waals surface area contributed by atoms with Gasteiger partial charge in [-0.2, -0.15) is 10.5 Å². The number of allylic oxidation sites excluding steroid dienone is 1. The van der Waals surface area contributed by atoms with Crippen LogP contribution in [0.5, 0.6) is 0 Å². The van der Waals surface area contributed by atoms with E-state index in [1.807, 2.05) is 0 Å². The monoisotopic (exact) mass is 143 g/mol. The van der Waals surface area contributed by atoms with Crippen molar-refractivity contribution in [2.24, 2.45) is 5.10 Å². The van der Waals surface area contributed by atoms with Crippen molar-refractivity contribution in [3.05, 3.63) is 12.3 Å². The summed E-state index contributed by atoms with van der Waals surface area (Å²) in [5.41, 5.74) is 4.39. The average molecular weight is 143 g/mol. The Morgan fingerprint density at radius 1 is 1.78 bits per heavy atom. The van der Waals surface area contributed by atoms with Gasteiger partial charge in [0.2, 0.25) is 0 Å². The third-order valence-corrected chi connectivity index (χ3v) is 1.57. The fourth-order valence-corrected chi connectivity index (χ4v) is 1.12. The maximum absolute atomic E-state index is 10.6. The van der Waals surface area contributed by atoms with Crippen molar-refractivity contribution in [2.45, 2.75) is 0 Å². The van der Waals surface area contributed by atoms with Crippen molar-refractivity contribution in [1.29, 1.82) is 0 Å². The van der Waals surface area contributed by atoms with Gasteiger partial charge in [0.05, 0.1) is 12.5 Å². The van der Waals surface area contributed by atoms with Gasteiger partial charge in [-0.05, 0) is 6.08 Å². The second kappa shape index (κ2) is 2.89. The SMILES string of the molecule is C[S+]([O-])CC1=N[N]C=C1. The largest absolute Gasteiger partial charge is 0.616 e. The van der Waals surface area contributed by atoms with Gasteiger partial charge in [-0.1, -0.05) is 11.2 Å². The first-order valence-corrected chi connectivity index (χ1v) is 4.25. The maximum atomic E-state index is 10.6. The van der Waals surface area contributed by atoms with Gasteiger partial charge in [-0.3, -0.25) is 0 Å². The topological polar surface area (TPSA) is 49.5 Å². The van der Waals surface area contributed by atoms with Crippen LogP contribution in [0.15, 0.2) is 17.4 Å². The van der Waals surface area contributed by atoms with Gasteiger partial charge >= 0.3 is 0 Å². The second-order valence-corrected chi connectivity index (χ2v) is 3.18. The number of hydrogen-bond acceptors (Lipinski definition) is 2. The first-order chi connectivity index (χ1) is 4.29. The first-order valence-electron chi connectivity index (χ1n) is 2.52. The van der Waals surface area contributed by atoms with Crippen molar-refractivity contribution in [1.82, 2.24) is 5.43 Å². The van der Waals surface area contributed by atoms with E-state index in [-0.39, 0.29) is 0 Å². The smallest absolute Gasteiger partial charge is 0.149 e. The Balaban J connectivity index is 2.35. The average Bonchev–Trinajstić information content (AvgIpc) is 2.15. The van der Waals surface area contributed by atoms with E-state index in [2.05, 4.69) is 10.5 Å². The van der Waals surface area contributed by atoms with Crippen LogP contribution < -0.4 is 5.43 Å². The highest BCUT2D eigenvalue weighted by molar-refractivity contribution is 7.91. The molecule has 0 aromatic carbocycles. The summed E-state index contributed by atoms with van der Waals surface area (Å²) in [5.74, 6) is 0.514. The van der Waals surface area contributed by atoms with Crippen LogP contribution >= 0.6 is 0 Å². The highest BCUT2D eigenvalue weighted by Gasteiger charge is 2.05. The summed E-state index contributed by atoms with van der Waals surface area (Å²) in [5, 5.41) is 3.71. The van der Waals surface area contributed by atoms with E-state index < -0.39 is 11.2 Å². The van der Waals surface area contributed by atoms with Gasteiger partial charge in [0.25, 0.3) is 0 Å². The molecular formula is C5H7N2OS. The summed E-state index contributed by atoms with van der Waals surface area (Å²) in [4.78, 5) is 0. The zero-order chi connectivity index (χ0) is 6.69. The Kier molecular flexibility index (Phi) is 2.13. The molecular weight excluding hydrogens is 136 g/mol. The molecule has 0 aromatic heterocycles. The fraction of sp³-hybridized carbons (Fsp3) is 0.400. The minimum absolute atomic E-state index is 0.514. The molecule has 0 saturated carbocycles. The molecule has 1 atom stereocenters. The van der Waals surface area contributed by atoms with Crippen molar-refractivity contribution >= 4 is 16.9 Å². The summed E-state index contributed by atoms with van der Waals surface area (Å²) in [6.07, 6.45) is 5.01. The Bertz CT molecular complexity index is 153. The predicted octanol–water partition coefficient (Wildman–Crippen LogP) is -0.147. The minimum Gasteiger partial charge on any atom is -0.616 e. The van der Waals surface area contributed by atoms with E-state index in [1.54, 1.807) is 18.5 Å². The van der Waals surface area contributed by atoms with Gasteiger partial charge < -0.3 is 4.55 Å². The van der Waals surface area contributed by atoms with Crippen molar-refractivity contribution in [2.75, 3.05) is 12.0 Å². The van der Waals surface area contributed by atoms with Gasteiger partial charge in [-0.25, -0.2) is 0 Å². The molecule has 3 nitrogen and oxygen atoms in total. The lowest BCUT2D eigenvalue weighted by molar-refractivity contribution is 0.604. The lowest BCUT2D eigenvalue weighted by Crippen LogP contribution is -2.11. The van der Waals surface area contributed by atoms with Crippen LogP contribution in [0.3, 0.4) is 0 Å². The molecule has 0 bridgehead atoms. The second-order valence-electron chi connectivity index (χ2n) is 1.74. The van der Waals surface area contributed by atoms with Gasteiger partial charge in [-0.15, -0.1) is 0 Å². The van der Waals surface area contributed by atoms with Crippen LogP contribution in [0.1, 0.15) is 0 Å². The Morgan fingerprint density at radius 2 is 2.56 bits per heavy atom. The number of nitrogens with zero attached hydrogens (tertiary/aromatic N) is 2. The molecule has 0 saturated heterocycles. The lowest BCUT2D eigenvalue weighted by Gasteiger charge is -2.00. The van der Waals surface area contributed by atoms with Gasteiger partial charge in [0, 0.05) is 0 Å². The molecule has 1 aliphatic rings. The molecule has 0 aliphatic carbocycles. The molecule has 1 rings (SSSR count). The molecule has 1 unspecified atom stereocenters. The lowest BCUT2D eigenvalue weighted by atomic mass is 10.4. The third-order valence-electron chi connectivity index (χ3n) is 0.871. The highest BCUT2D eigenvalue weighted by atomic mass is 32.2. The molecule has 0 fully saturated rings. The number of rotatable bonds is 2. The van der Waals surface area contributed by atoms with Crippen molar-refractivity contribution < 1.29 is 4.55 Å². The van der Waals surface area contributed by atoms with Crippen LogP contribution in [0.25, 0.3) is 0 Å².